The number of urea groups is 1. The highest BCUT2D eigenvalue weighted by molar-refractivity contribution is 5.79. The fourth-order valence-electron chi connectivity index (χ4n) is 3.76. The van der Waals surface area contributed by atoms with Gasteiger partial charge < -0.3 is 24.4 Å². The fraction of sp³-hybridized carbons (Fsp3) is 0.722. The molecule has 2 fully saturated rings. The van der Waals surface area contributed by atoms with Crippen LogP contribution in [0, 0.1) is 11.8 Å². The summed E-state index contributed by atoms with van der Waals surface area (Å²) >= 11 is 0. The molecule has 1 unspecified atom stereocenters. The summed E-state index contributed by atoms with van der Waals surface area (Å²) in [6.07, 6.45) is 8.16. The molecule has 3 amide bonds. The van der Waals surface area contributed by atoms with Crippen LogP contribution >= 0.6 is 0 Å². The van der Waals surface area contributed by atoms with Gasteiger partial charge in [-0.15, -0.1) is 0 Å². The second-order valence-electron chi connectivity index (χ2n) is 7.28. The number of imidazole rings is 1. The molecule has 0 bridgehead atoms. The van der Waals surface area contributed by atoms with Crippen molar-refractivity contribution >= 4 is 11.9 Å². The van der Waals surface area contributed by atoms with E-state index in [2.05, 4.69) is 14.9 Å². The second kappa shape index (κ2) is 9.02. The zero-order valence-corrected chi connectivity index (χ0v) is 15.5. The number of amides is 3. The molecule has 3 heterocycles. The molecule has 1 N–H and O–H groups in total. The average Bonchev–Trinajstić information content (AvgIpc) is 3.28. The molecule has 0 radical (unpaired) electrons. The van der Waals surface area contributed by atoms with Crippen molar-refractivity contribution < 1.29 is 14.3 Å². The molecule has 8 heteroatoms. The predicted molar refractivity (Wildman–Crippen MR) is 96.5 cm³/mol. The summed E-state index contributed by atoms with van der Waals surface area (Å²) in [5.41, 5.74) is 0. The number of piperidine rings is 1. The third kappa shape index (κ3) is 4.97. The number of hydrogen-bond donors (Lipinski definition) is 1. The Labute approximate surface area is 154 Å². The van der Waals surface area contributed by atoms with E-state index in [-0.39, 0.29) is 17.9 Å². The molecule has 0 aromatic carbocycles. The minimum Gasteiger partial charge on any atom is -0.383 e. The average molecular weight is 363 g/mol. The molecule has 0 saturated carbocycles. The van der Waals surface area contributed by atoms with E-state index in [4.69, 9.17) is 4.74 Å². The van der Waals surface area contributed by atoms with Crippen molar-refractivity contribution in [2.75, 3.05) is 46.4 Å². The Bertz CT molecular complexity index is 584. The second-order valence-corrected chi connectivity index (χ2v) is 7.28. The summed E-state index contributed by atoms with van der Waals surface area (Å²) in [6, 6.07) is -0.00567. The van der Waals surface area contributed by atoms with Crippen LogP contribution in [0.5, 0.6) is 0 Å². The van der Waals surface area contributed by atoms with Gasteiger partial charge in [-0.1, -0.05) is 0 Å². The van der Waals surface area contributed by atoms with Crippen LogP contribution in [-0.4, -0.2) is 77.7 Å². The number of aromatic nitrogens is 2. The normalized spacial score (nSPS) is 21.4. The van der Waals surface area contributed by atoms with Gasteiger partial charge in [0.15, 0.2) is 0 Å². The minimum absolute atomic E-state index is 0.00567. The van der Waals surface area contributed by atoms with Crippen molar-refractivity contribution in [2.24, 2.45) is 11.8 Å². The van der Waals surface area contributed by atoms with Crippen molar-refractivity contribution in [3.8, 4) is 0 Å². The maximum atomic E-state index is 12.4. The Morgan fingerprint density at radius 2 is 2.15 bits per heavy atom. The van der Waals surface area contributed by atoms with Gasteiger partial charge >= 0.3 is 6.03 Å². The van der Waals surface area contributed by atoms with E-state index in [0.717, 1.165) is 32.5 Å². The van der Waals surface area contributed by atoms with E-state index in [1.54, 1.807) is 13.3 Å². The maximum Gasteiger partial charge on any atom is 0.317 e. The highest BCUT2D eigenvalue weighted by atomic mass is 16.5. The number of carbonyl (C=O) groups excluding carboxylic acids is 2. The third-order valence-electron chi connectivity index (χ3n) is 5.33. The molecule has 26 heavy (non-hydrogen) atoms. The zero-order chi connectivity index (χ0) is 18.4. The Balaban J connectivity index is 1.35. The van der Waals surface area contributed by atoms with E-state index < -0.39 is 0 Å². The lowest BCUT2D eigenvalue weighted by atomic mass is 9.97. The highest BCUT2D eigenvalue weighted by Gasteiger charge is 2.30. The highest BCUT2D eigenvalue weighted by Crippen LogP contribution is 2.20. The molecule has 2 saturated heterocycles. The van der Waals surface area contributed by atoms with Gasteiger partial charge in [-0.25, -0.2) is 9.78 Å². The first kappa shape index (κ1) is 18.7. The van der Waals surface area contributed by atoms with Crippen molar-refractivity contribution in [1.29, 1.82) is 0 Å². The molecule has 1 aromatic rings. The largest absolute Gasteiger partial charge is 0.383 e. The number of methoxy groups -OCH3 is 1. The number of nitrogens with zero attached hydrogens (tertiary/aromatic N) is 4. The quantitative estimate of drug-likeness (QED) is 0.777. The number of rotatable bonds is 7. The number of likely N-dealkylation sites (tertiary alicyclic amines) is 2. The molecule has 0 spiro atoms. The Hall–Kier alpha value is -2.09. The lowest BCUT2D eigenvalue weighted by Crippen LogP contribution is -2.46. The summed E-state index contributed by atoms with van der Waals surface area (Å²) in [4.78, 5) is 32.1. The molecular weight excluding hydrogens is 334 g/mol. The minimum atomic E-state index is -0.00567. The fourth-order valence-corrected chi connectivity index (χ4v) is 3.76. The number of ether oxygens (including phenoxy) is 1. The number of nitrogens with one attached hydrogen (secondary N) is 1. The van der Waals surface area contributed by atoms with E-state index in [1.165, 1.54) is 0 Å². The van der Waals surface area contributed by atoms with Crippen molar-refractivity contribution in [1.82, 2.24) is 24.7 Å². The van der Waals surface area contributed by atoms with Gasteiger partial charge in [-0.05, 0) is 18.8 Å². The molecule has 2 aliphatic rings. The zero-order valence-electron chi connectivity index (χ0n) is 15.5. The van der Waals surface area contributed by atoms with Crippen LogP contribution < -0.4 is 5.32 Å². The summed E-state index contributed by atoms with van der Waals surface area (Å²) < 4.78 is 7.14. The lowest BCUT2D eigenvalue weighted by molar-refractivity contribution is -0.128. The van der Waals surface area contributed by atoms with Crippen LogP contribution in [0.2, 0.25) is 0 Å². The Kier molecular flexibility index (Phi) is 6.49. The van der Waals surface area contributed by atoms with E-state index in [9.17, 15) is 9.59 Å². The van der Waals surface area contributed by atoms with E-state index in [0.29, 0.717) is 38.6 Å². The standard InChI is InChI=1S/C18H29N5O3/c1-26-9-8-23-13-16(10-17(23)24)11-20-18(25)22-5-2-15(3-6-22)12-21-7-4-19-14-21/h4,7,14-16H,2-3,5-6,8-13H2,1H3,(H,20,25). The van der Waals surface area contributed by atoms with Crippen LogP contribution in [0.25, 0.3) is 0 Å². The van der Waals surface area contributed by atoms with Gasteiger partial charge in [0.1, 0.15) is 0 Å². The third-order valence-corrected chi connectivity index (χ3v) is 5.33. The molecule has 2 aliphatic heterocycles. The van der Waals surface area contributed by atoms with Crippen molar-refractivity contribution in [3.63, 3.8) is 0 Å². The summed E-state index contributed by atoms with van der Waals surface area (Å²) in [7, 11) is 1.64. The van der Waals surface area contributed by atoms with Crippen LogP contribution in [0.15, 0.2) is 18.7 Å². The molecule has 0 aliphatic carbocycles. The van der Waals surface area contributed by atoms with Crippen LogP contribution in [0.4, 0.5) is 4.79 Å². The molecule has 1 atom stereocenters. The van der Waals surface area contributed by atoms with E-state index >= 15 is 0 Å². The first-order chi connectivity index (χ1) is 12.7. The summed E-state index contributed by atoms with van der Waals surface area (Å²) in [5.74, 6) is 0.943. The van der Waals surface area contributed by atoms with Gasteiger partial charge in [-0.3, -0.25) is 4.79 Å². The molecule has 3 rings (SSSR count). The SMILES string of the molecule is COCCN1CC(CNC(=O)N2CCC(Cn3ccnc3)CC2)CC1=O. The maximum absolute atomic E-state index is 12.4. The number of hydrogen-bond acceptors (Lipinski definition) is 4. The van der Waals surface area contributed by atoms with E-state index in [1.807, 2.05) is 22.3 Å². The van der Waals surface area contributed by atoms with Crippen LogP contribution in [0.1, 0.15) is 19.3 Å². The molecular formula is C18H29N5O3. The molecule has 1 aromatic heterocycles. The van der Waals surface area contributed by atoms with Crippen LogP contribution in [-0.2, 0) is 16.1 Å². The van der Waals surface area contributed by atoms with Gasteiger partial charge in [0.25, 0.3) is 0 Å². The lowest BCUT2D eigenvalue weighted by Gasteiger charge is -2.32. The Morgan fingerprint density at radius 3 is 2.85 bits per heavy atom. The van der Waals surface area contributed by atoms with Crippen molar-refractivity contribution in [2.45, 2.75) is 25.8 Å². The Morgan fingerprint density at radius 1 is 1.35 bits per heavy atom. The summed E-state index contributed by atoms with van der Waals surface area (Å²) in [6.45, 7) is 4.99. The number of carbonyl (C=O) groups is 2. The smallest absolute Gasteiger partial charge is 0.317 e. The monoisotopic (exact) mass is 363 g/mol. The molecule has 8 nitrogen and oxygen atoms in total. The predicted octanol–water partition coefficient (Wildman–Crippen LogP) is 0.800. The van der Waals surface area contributed by atoms with Crippen molar-refractivity contribution in [3.05, 3.63) is 18.7 Å². The van der Waals surface area contributed by atoms with Gasteiger partial charge in [0.2, 0.25) is 5.91 Å². The van der Waals surface area contributed by atoms with Crippen LogP contribution in [0.3, 0.4) is 0 Å². The first-order valence-electron chi connectivity index (χ1n) is 9.41. The van der Waals surface area contributed by atoms with Gasteiger partial charge in [-0.2, -0.15) is 0 Å². The van der Waals surface area contributed by atoms with Gasteiger partial charge in [0, 0.05) is 71.1 Å². The summed E-state index contributed by atoms with van der Waals surface area (Å²) in [5, 5.41) is 3.01. The van der Waals surface area contributed by atoms with Gasteiger partial charge in [0.05, 0.1) is 12.9 Å². The topological polar surface area (TPSA) is 79.7 Å². The molecule has 144 valence electrons. The first-order valence-corrected chi connectivity index (χ1v) is 9.41.